The highest BCUT2D eigenvalue weighted by Crippen LogP contribution is 2.15. The summed E-state index contributed by atoms with van der Waals surface area (Å²) in [5.41, 5.74) is 1.24. The molecule has 2 rings (SSSR count). The second kappa shape index (κ2) is 5.39. The highest BCUT2D eigenvalue weighted by Gasteiger charge is 2.02. The molecule has 88 valence electrons. The third-order valence-corrected chi connectivity index (χ3v) is 2.38. The van der Waals surface area contributed by atoms with E-state index in [4.69, 9.17) is 0 Å². The summed E-state index contributed by atoms with van der Waals surface area (Å²) in [6, 6.07) is 7.15. The van der Waals surface area contributed by atoms with Gasteiger partial charge in [0.05, 0.1) is 5.69 Å². The van der Waals surface area contributed by atoms with Crippen LogP contribution >= 0.6 is 0 Å². The molecule has 2 nitrogen and oxygen atoms in total. The summed E-state index contributed by atoms with van der Waals surface area (Å²) in [4.78, 5) is 3.98. The molecular weight excluding hydrogens is 222 g/mol. The molecule has 0 aliphatic carbocycles. The third-order valence-electron chi connectivity index (χ3n) is 2.38. The van der Waals surface area contributed by atoms with E-state index in [1.165, 1.54) is 0 Å². The fourth-order valence-electron chi connectivity index (χ4n) is 1.52. The Morgan fingerprint density at radius 2 is 2.06 bits per heavy atom. The van der Waals surface area contributed by atoms with E-state index in [9.17, 15) is 8.78 Å². The second-order valence-corrected chi connectivity index (χ2v) is 3.66. The summed E-state index contributed by atoms with van der Waals surface area (Å²) in [6.45, 7) is 0.534. The molecule has 1 aromatic carbocycles. The minimum absolute atomic E-state index is 0.189. The van der Waals surface area contributed by atoms with Crippen molar-refractivity contribution in [2.24, 2.45) is 0 Å². The average Bonchev–Trinajstić information content (AvgIpc) is 2.35. The van der Waals surface area contributed by atoms with Crippen molar-refractivity contribution in [3.8, 4) is 0 Å². The van der Waals surface area contributed by atoms with E-state index >= 15 is 0 Å². The lowest BCUT2D eigenvalue weighted by molar-refractivity contribution is 0.602. The lowest BCUT2D eigenvalue weighted by atomic mass is 10.2. The zero-order valence-electron chi connectivity index (χ0n) is 9.16. The van der Waals surface area contributed by atoms with Gasteiger partial charge in [0.1, 0.15) is 11.6 Å². The van der Waals surface area contributed by atoms with Crippen LogP contribution in [0.3, 0.4) is 0 Å². The van der Waals surface area contributed by atoms with Crippen molar-refractivity contribution >= 4 is 5.69 Å². The van der Waals surface area contributed by atoms with Crippen LogP contribution in [0.2, 0.25) is 0 Å². The first kappa shape index (κ1) is 11.5. The van der Waals surface area contributed by atoms with Crippen molar-refractivity contribution in [3.63, 3.8) is 0 Å². The van der Waals surface area contributed by atoms with E-state index in [2.05, 4.69) is 10.3 Å². The van der Waals surface area contributed by atoms with Crippen molar-refractivity contribution in [2.45, 2.75) is 6.42 Å². The van der Waals surface area contributed by atoms with Crippen molar-refractivity contribution in [3.05, 3.63) is 59.9 Å². The maximum atomic E-state index is 13.3. The number of hydrogen-bond acceptors (Lipinski definition) is 2. The molecule has 1 heterocycles. The Balaban J connectivity index is 1.92. The van der Waals surface area contributed by atoms with Crippen LogP contribution in [0.15, 0.2) is 42.7 Å². The summed E-state index contributed by atoms with van der Waals surface area (Å²) in [7, 11) is 0. The smallest absolute Gasteiger partial charge is 0.146 e. The first-order chi connectivity index (χ1) is 8.25. The van der Waals surface area contributed by atoms with Gasteiger partial charge < -0.3 is 5.32 Å². The summed E-state index contributed by atoms with van der Waals surface area (Å²) in [5.74, 6) is -0.895. The zero-order valence-corrected chi connectivity index (χ0v) is 9.16. The summed E-state index contributed by atoms with van der Waals surface area (Å²) >= 11 is 0. The van der Waals surface area contributed by atoms with Gasteiger partial charge in [-0.15, -0.1) is 0 Å². The number of halogens is 2. The largest absolute Gasteiger partial charge is 0.382 e. The van der Waals surface area contributed by atoms with Crippen LogP contribution in [-0.2, 0) is 6.42 Å². The Kier molecular flexibility index (Phi) is 3.65. The van der Waals surface area contributed by atoms with Crippen molar-refractivity contribution in [2.75, 3.05) is 11.9 Å². The van der Waals surface area contributed by atoms with Crippen molar-refractivity contribution in [1.29, 1.82) is 0 Å². The van der Waals surface area contributed by atoms with Gasteiger partial charge in [0.15, 0.2) is 0 Å². The Morgan fingerprint density at radius 3 is 2.82 bits per heavy atom. The van der Waals surface area contributed by atoms with Crippen LogP contribution in [0.4, 0.5) is 14.5 Å². The van der Waals surface area contributed by atoms with Crippen LogP contribution in [-0.4, -0.2) is 11.5 Å². The highest BCUT2D eigenvalue weighted by molar-refractivity contribution is 5.44. The number of nitrogens with one attached hydrogen (secondary N) is 1. The number of hydrogen-bond donors (Lipinski definition) is 1. The van der Waals surface area contributed by atoms with E-state index in [-0.39, 0.29) is 5.69 Å². The topological polar surface area (TPSA) is 24.9 Å². The Morgan fingerprint density at radius 1 is 1.18 bits per heavy atom. The molecule has 1 N–H and O–H groups in total. The zero-order chi connectivity index (χ0) is 12.1. The molecule has 0 saturated heterocycles. The van der Waals surface area contributed by atoms with E-state index in [1.54, 1.807) is 12.4 Å². The molecule has 0 aliphatic heterocycles. The van der Waals surface area contributed by atoms with E-state index in [0.29, 0.717) is 13.0 Å². The fraction of sp³-hybridized carbons (Fsp3) is 0.154. The van der Waals surface area contributed by atoms with Crippen molar-refractivity contribution < 1.29 is 8.78 Å². The predicted molar refractivity (Wildman–Crippen MR) is 62.8 cm³/mol. The SMILES string of the molecule is Fc1ccc(F)c(NCCc2cccnc2)c1. The Hall–Kier alpha value is -1.97. The van der Waals surface area contributed by atoms with Gasteiger partial charge in [0, 0.05) is 18.9 Å². The molecule has 1 aromatic heterocycles. The van der Waals surface area contributed by atoms with Gasteiger partial charge in [-0.1, -0.05) is 6.07 Å². The lowest BCUT2D eigenvalue weighted by Crippen LogP contribution is -2.06. The van der Waals surface area contributed by atoms with Gasteiger partial charge in [-0.05, 0) is 36.2 Å². The quantitative estimate of drug-likeness (QED) is 0.879. The van der Waals surface area contributed by atoms with Gasteiger partial charge >= 0.3 is 0 Å². The normalized spacial score (nSPS) is 10.2. The summed E-state index contributed by atoms with van der Waals surface area (Å²) in [6.07, 6.45) is 4.16. The standard InChI is InChI=1S/C13H12F2N2/c14-11-3-4-12(15)13(8-11)17-7-5-10-2-1-6-16-9-10/h1-4,6,8-9,17H,5,7H2. The van der Waals surface area contributed by atoms with Gasteiger partial charge in [0.25, 0.3) is 0 Å². The second-order valence-electron chi connectivity index (χ2n) is 3.66. The fourth-order valence-corrected chi connectivity index (χ4v) is 1.52. The van der Waals surface area contributed by atoms with E-state index in [1.807, 2.05) is 12.1 Å². The molecule has 2 aromatic rings. The number of benzene rings is 1. The van der Waals surface area contributed by atoms with Crippen molar-refractivity contribution in [1.82, 2.24) is 4.98 Å². The van der Waals surface area contributed by atoms with Crippen LogP contribution in [0.1, 0.15) is 5.56 Å². The molecule has 0 saturated carbocycles. The predicted octanol–water partition coefficient (Wildman–Crippen LogP) is 3.01. The van der Waals surface area contributed by atoms with Gasteiger partial charge in [0.2, 0.25) is 0 Å². The van der Waals surface area contributed by atoms with Crippen LogP contribution in [0.25, 0.3) is 0 Å². The molecule has 0 amide bonds. The lowest BCUT2D eigenvalue weighted by Gasteiger charge is -2.07. The average molecular weight is 234 g/mol. The molecule has 4 heteroatoms. The number of aromatic nitrogens is 1. The molecule has 0 spiro atoms. The molecule has 0 unspecified atom stereocenters. The Bertz CT molecular complexity index is 486. The molecule has 0 fully saturated rings. The minimum Gasteiger partial charge on any atom is -0.382 e. The summed E-state index contributed by atoms with van der Waals surface area (Å²) < 4.78 is 26.1. The molecule has 0 radical (unpaired) electrons. The number of rotatable bonds is 4. The highest BCUT2D eigenvalue weighted by atomic mass is 19.1. The third kappa shape index (κ3) is 3.24. The molecular formula is C13H12F2N2. The van der Waals surface area contributed by atoms with Crippen LogP contribution in [0, 0.1) is 11.6 Å². The van der Waals surface area contributed by atoms with Crippen LogP contribution < -0.4 is 5.32 Å². The first-order valence-corrected chi connectivity index (χ1v) is 5.33. The molecule has 0 aliphatic rings. The van der Waals surface area contributed by atoms with E-state index in [0.717, 1.165) is 23.8 Å². The maximum Gasteiger partial charge on any atom is 0.146 e. The Labute approximate surface area is 98.3 Å². The molecule has 0 bridgehead atoms. The minimum atomic E-state index is -0.449. The molecule has 0 atom stereocenters. The van der Waals surface area contributed by atoms with Gasteiger partial charge in [-0.2, -0.15) is 0 Å². The van der Waals surface area contributed by atoms with Crippen LogP contribution in [0.5, 0.6) is 0 Å². The number of pyridine rings is 1. The van der Waals surface area contributed by atoms with Gasteiger partial charge in [-0.25, -0.2) is 8.78 Å². The maximum absolute atomic E-state index is 13.3. The molecule has 17 heavy (non-hydrogen) atoms. The number of nitrogens with zero attached hydrogens (tertiary/aromatic N) is 1. The van der Waals surface area contributed by atoms with Gasteiger partial charge in [-0.3, -0.25) is 4.98 Å². The van der Waals surface area contributed by atoms with E-state index < -0.39 is 11.6 Å². The monoisotopic (exact) mass is 234 g/mol. The number of anilines is 1. The summed E-state index contributed by atoms with van der Waals surface area (Å²) in [5, 5.41) is 2.86. The first-order valence-electron chi connectivity index (χ1n) is 5.33.